The fourth-order valence-electron chi connectivity index (χ4n) is 1.71. The molecule has 3 N–H and O–H groups in total. The van der Waals surface area contributed by atoms with Crippen molar-refractivity contribution in [2.75, 3.05) is 5.73 Å². The summed E-state index contributed by atoms with van der Waals surface area (Å²) >= 11 is 11.8. The number of aromatic nitrogens is 3. The van der Waals surface area contributed by atoms with E-state index in [-0.39, 0.29) is 17.2 Å². The molecule has 100 valence electrons. The maximum Gasteiger partial charge on any atom is 0.256 e. The molecule has 0 atom stereocenters. The Morgan fingerprint density at radius 2 is 2.16 bits per heavy atom. The molecular formula is C12H12Cl2N4O. The molecule has 2 aromatic rings. The molecule has 2 aromatic heterocycles. The van der Waals surface area contributed by atoms with Gasteiger partial charge in [-0.1, -0.05) is 36.5 Å². The Labute approximate surface area is 119 Å². The minimum atomic E-state index is -0.267. The van der Waals surface area contributed by atoms with Gasteiger partial charge >= 0.3 is 0 Å². The second-order valence-corrected chi connectivity index (χ2v) is 4.86. The number of nitrogens with zero attached hydrogens (tertiary/aromatic N) is 2. The van der Waals surface area contributed by atoms with Gasteiger partial charge in [0, 0.05) is 6.20 Å². The molecule has 0 spiro atoms. The fraction of sp³-hybridized carbons (Fsp3) is 0.250. The highest BCUT2D eigenvalue weighted by Gasteiger charge is 2.13. The molecule has 2 rings (SSSR count). The Bertz CT molecular complexity index is 669. The van der Waals surface area contributed by atoms with Gasteiger partial charge in [0.2, 0.25) is 0 Å². The van der Waals surface area contributed by atoms with Crippen LogP contribution in [0.25, 0.3) is 11.5 Å². The highest BCUT2D eigenvalue weighted by atomic mass is 35.5. The van der Waals surface area contributed by atoms with Gasteiger partial charge in [-0.3, -0.25) is 4.79 Å². The molecule has 0 bridgehead atoms. The lowest BCUT2D eigenvalue weighted by molar-refractivity contribution is 0.891. The molecule has 0 radical (unpaired) electrons. The normalized spacial score (nSPS) is 10.7. The van der Waals surface area contributed by atoms with Crippen molar-refractivity contribution >= 4 is 29.0 Å². The number of nitrogens with one attached hydrogen (secondary N) is 1. The van der Waals surface area contributed by atoms with Gasteiger partial charge in [-0.25, -0.2) is 9.97 Å². The number of nitrogens with two attached hydrogens (primary N) is 1. The van der Waals surface area contributed by atoms with E-state index in [1.165, 1.54) is 12.3 Å². The molecule has 19 heavy (non-hydrogen) atoms. The molecule has 0 aliphatic rings. The van der Waals surface area contributed by atoms with Crippen LogP contribution in [0.2, 0.25) is 10.0 Å². The van der Waals surface area contributed by atoms with Crippen LogP contribution in [0.5, 0.6) is 0 Å². The molecule has 5 nitrogen and oxygen atoms in total. The van der Waals surface area contributed by atoms with Gasteiger partial charge in [0.25, 0.3) is 5.56 Å². The third-order valence-electron chi connectivity index (χ3n) is 2.58. The van der Waals surface area contributed by atoms with Crippen LogP contribution in [0.4, 0.5) is 5.82 Å². The number of aromatic amines is 1. The minimum absolute atomic E-state index is 0.202. The van der Waals surface area contributed by atoms with Crippen LogP contribution in [-0.4, -0.2) is 15.0 Å². The molecule has 0 saturated heterocycles. The van der Waals surface area contributed by atoms with Crippen LogP contribution in [0.3, 0.4) is 0 Å². The zero-order valence-electron chi connectivity index (χ0n) is 10.2. The summed E-state index contributed by atoms with van der Waals surface area (Å²) in [6, 6.07) is 1.53. The highest BCUT2D eigenvalue weighted by molar-refractivity contribution is 6.35. The summed E-state index contributed by atoms with van der Waals surface area (Å²) in [6.07, 6.45) is 2.82. The molecule has 0 saturated carbocycles. The smallest absolute Gasteiger partial charge is 0.256 e. The van der Waals surface area contributed by atoms with E-state index < -0.39 is 0 Å². The van der Waals surface area contributed by atoms with Gasteiger partial charge in [0.15, 0.2) is 5.82 Å². The Hall–Kier alpha value is -1.59. The number of nitrogen functional groups attached to an aromatic ring is 1. The van der Waals surface area contributed by atoms with Gasteiger partial charge in [-0.05, 0) is 12.5 Å². The summed E-state index contributed by atoms with van der Waals surface area (Å²) < 4.78 is 0. The zero-order chi connectivity index (χ0) is 14.0. The summed E-state index contributed by atoms with van der Waals surface area (Å²) in [5, 5.41) is 0.713. The van der Waals surface area contributed by atoms with Crippen molar-refractivity contribution in [3.05, 3.63) is 38.2 Å². The largest absolute Gasteiger partial charge is 0.383 e. The lowest BCUT2D eigenvalue weighted by Gasteiger charge is -2.07. The first kappa shape index (κ1) is 13.8. The standard InChI is InChI=1S/C12H12Cl2N4O/c1-2-3-7-10(15)17-11(18-12(7)19)9-8(14)4-6(13)5-16-9/h4-5H,2-3H2,1H3,(H3,15,17,18,19). The van der Waals surface area contributed by atoms with Crippen molar-refractivity contribution in [2.45, 2.75) is 19.8 Å². The summed E-state index contributed by atoms with van der Waals surface area (Å²) in [6.45, 7) is 1.96. The zero-order valence-corrected chi connectivity index (χ0v) is 11.7. The Morgan fingerprint density at radius 3 is 2.74 bits per heavy atom. The first-order valence-electron chi connectivity index (χ1n) is 5.73. The van der Waals surface area contributed by atoms with Gasteiger partial charge in [0.1, 0.15) is 11.5 Å². The van der Waals surface area contributed by atoms with E-state index in [9.17, 15) is 4.79 Å². The van der Waals surface area contributed by atoms with Crippen molar-refractivity contribution in [3.8, 4) is 11.5 Å². The Balaban J connectivity index is 2.55. The van der Waals surface area contributed by atoms with Crippen molar-refractivity contribution in [2.24, 2.45) is 0 Å². The van der Waals surface area contributed by atoms with E-state index in [1.54, 1.807) is 0 Å². The second-order valence-electron chi connectivity index (χ2n) is 4.01. The summed E-state index contributed by atoms with van der Waals surface area (Å²) in [7, 11) is 0. The SMILES string of the molecule is CCCc1c(N)nc(-c2ncc(Cl)cc2Cl)[nH]c1=O. The third-order valence-corrected chi connectivity index (χ3v) is 3.07. The number of hydrogen-bond acceptors (Lipinski definition) is 4. The quantitative estimate of drug-likeness (QED) is 0.912. The van der Waals surface area contributed by atoms with Crippen LogP contribution in [0, 0.1) is 0 Å². The minimum Gasteiger partial charge on any atom is -0.383 e. The molecule has 0 unspecified atom stereocenters. The molecule has 2 heterocycles. The number of rotatable bonds is 3. The summed E-state index contributed by atoms with van der Waals surface area (Å²) in [4.78, 5) is 22.8. The fourth-order valence-corrected chi connectivity index (χ4v) is 2.18. The number of halogens is 2. The molecule has 0 aromatic carbocycles. The van der Waals surface area contributed by atoms with E-state index in [0.29, 0.717) is 27.7 Å². The average molecular weight is 299 g/mol. The molecule has 7 heteroatoms. The van der Waals surface area contributed by atoms with Crippen LogP contribution in [-0.2, 0) is 6.42 Å². The van der Waals surface area contributed by atoms with Gasteiger partial charge < -0.3 is 10.7 Å². The van der Waals surface area contributed by atoms with Crippen LogP contribution >= 0.6 is 23.2 Å². The van der Waals surface area contributed by atoms with Crippen LogP contribution in [0.15, 0.2) is 17.1 Å². The predicted octanol–water partition coefficient (Wildman–Crippen LogP) is 2.67. The Kier molecular flexibility index (Phi) is 4.07. The molecule has 0 aliphatic carbocycles. The average Bonchev–Trinajstić information content (AvgIpc) is 2.33. The maximum absolute atomic E-state index is 11.9. The van der Waals surface area contributed by atoms with Crippen molar-refractivity contribution < 1.29 is 0 Å². The van der Waals surface area contributed by atoms with E-state index in [0.717, 1.165) is 6.42 Å². The first-order chi connectivity index (χ1) is 9.02. The van der Waals surface area contributed by atoms with Gasteiger partial charge in [-0.15, -0.1) is 0 Å². The van der Waals surface area contributed by atoms with Crippen molar-refractivity contribution in [3.63, 3.8) is 0 Å². The molecular weight excluding hydrogens is 287 g/mol. The topological polar surface area (TPSA) is 84.7 Å². The maximum atomic E-state index is 11.9. The number of H-pyrrole nitrogens is 1. The van der Waals surface area contributed by atoms with Gasteiger partial charge in [0.05, 0.1) is 15.6 Å². The number of pyridine rings is 1. The highest BCUT2D eigenvalue weighted by Crippen LogP contribution is 2.25. The number of anilines is 1. The lowest BCUT2D eigenvalue weighted by Crippen LogP contribution is -2.18. The molecule has 0 fully saturated rings. The summed E-state index contributed by atoms with van der Waals surface area (Å²) in [5.74, 6) is 0.442. The van der Waals surface area contributed by atoms with E-state index in [4.69, 9.17) is 28.9 Å². The second kappa shape index (κ2) is 5.59. The first-order valence-corrected chi connectivity index (χ1v) is 6.48. The summed E-state index contributed by atoms with van der Waals surface area (Å²) in [5.41, 5.74) is 6.36. The van der Waals surface area contributed by atoms with Crippen molar-refractivity contribution in [1.82, 2.24) is 15.0 Å². The Morgan fingerprint density at radius 1 is 1.42 bits per heavy atom. The molecule has 0 aliphatic heterocycles. The van der Waals surface area contributed by atoms with E-state index >= 15 is 0 Å². The monoisotopic (exact) mass is 298 g/mol. The molecule has 0 amide bonds. The van der Waals surface area contributed by atoms with Crippen LogP contribution in [0.1, 0.15) is 18.9 Å². The van der Waals surface area contributed by atoms with E-state index in [1.807, 2.05) is 6.92 Å². The number of hydrogen-bond donors (Lipinski definition) is 2. The van der Waals surface area contributed by atoms with E-state index in [2.05, 4.69) is 15.0 Å². The van der Waals surface area contributed by atoms with Gasteiger partial charge in [-0.2, -0.15) is 0 Å². The van der Waals surface area contributed by atoms with Crippen LogP contribution < -0.4 is 11.3 Å². The lowest BCUT2D eigenvalue weighted by atomic mass is 10.2. The van der Waals surface area contributed by atoms with Crippen molar-refractivity contribution in [1.29, 1.82) is 0 Å². The predicted molar refractivity (Wildman–Crippen MR) is 76.5 cm³/mol. The third kappa shape index (κ3) is 2.88.